The van der Waals surface area contributed by atoms with Crippen LogP contribution in [0.15, 0.2) is 84.9 Å². The van der Waals surface area contributed by atoms with Crippen molar-refractivity contribution >= 4 is 57.8 Å². The van der Waals surface area contributed by atoms with E-state index in [-0.39, 0.29) is 32.5 Å². The minimum Gasteiger partial charge on any atom is -0.356 e. The van der Waals surface area contributed by atoms with Crippen LogP contribution >= 0.6 is 23.2 Å². The summed E-state index contributed by atoms with van der Waals surface area (Å²) < 4.78 is 6.75. The molecule has 11 nitrogen and oxygen atoms in total. The van der Waals surface area contributed by atoms with E-state index in [1.807, 2.05) is 0 Å². The van der Waals surface area contributed by atoms with Crippen molar-refractivity contribution in [1.82, 2.24) is 0 Å². The SMILES string of the molecule is CC(=O)Nc1cc(Cl)c([N+](=O)[O-])cc1C(OC(c1ccccc1)c1cc([N+](=O)[O-])c(Cl)cc1NC(C)=O)c1ccccc1. The van der Waals surface area contributed by atoms with Crippen molar-refractivity contribution in [2.24, 2.45) is 0 Å². The van der Waals surface area contributed by atoms with Crippen LogP contribution in [0.5, 0.6) is 0 Å². The quantitative estimate of drug-likeness (QED) is 0.136. The van der Waals surface area contributed by atoms with E-state index in [4.69, 9.17) is 27.9 Å². The number of anilines is 2. The molecule has 0 aliphatic heterocycles. The minimum absolute atomic E-state index is 0.160. The second-order valence-electron chi connectivity index (χ2n) is 9.38. The van der Waals surface area contributed by atoms with E-state index in [2.05, 4.69) is 10.6 Å². The van der Waals surface area contributed by atoms with Gasteiger partial charge in [-0.3, -0.25) is 29.8 Å². The zero-order valence-electron chi connectivity index (χ0n) is 22.7. The van der Waals surface area contributed by atoms with Crippen LogP contribution in [-0.4, -0.2) is 21.7 Å². The number of nitro benzene ring substituents is 2. The number of amides is 2. The molecular formula is C30H24Cl2N4O7. The monoisotopic (exact) mass is 622 g/mol. The summed E-state index contributed by atoms with van der Waals surface area (Å²) in [5.74, 6) is -0.919. The molecule has 2 N–H and O–H groups in total. The molecule has 13 heteroatoms. The Balaban J connectivity index is 2.03. The number of nitrogens with zero attached hydrogens (tertiary/aromatic N) is 2. The van der Waals surface area contributed by atoms with Crippen molar-refractivity contribution in [1.29, 1.82) is 0 Å². The molecule has 0 aliphatic carbocycles. The molecule has 0 heterocycles. The van der Waals surface area contributed by atoms with Crippen LogP contribution in [0.4, 0.5) is 22.7 Å². The molecule has 2 unspecified atom stereocenters. The van der Waals surface area contributed by atoms with Crippen LogP contribution in [0, 0.1) is 20.2 Å². The highest BCUT2D eigenvalue weighted by Crippen LogP contribution is 2.45. The first-order chi connectivity index (χ1) is 20.5. The Bertz CT molecular complexity index is 1580. The highest BCUT2D eigenvalue weighted by molar-refractivity contribution is 6.33. The minimum atomic E-state index is -1.09. The maximum atomic E-state index is 12.2. The van der Waals surface area contributed by atoms with Crippen molar-refractivity contribution < 1.29 is 24.2 Å². The number of ether oxygens (including phenoxy) is 1. The van der Waals surface area contributed by atoms with Gasteiger partial charge in [0, 0.05) is 48.5 Å². The summed E-state index contributed by atoms with van der Waals surface area (Å²) in [5.41, 5.74) is 0.944. The number of hydrogen-bond acceptors (Lipinski definition) is 7. The zero-order valence-corrected chi connectivity index (χ0v) is 24.3. The van der Waals surface area contributed by atoms with Crippen molar-refractivity contribution in [3.8, 4) is 0 Å². The van der Waals surface area contributed by atoms with Crippen LogP contribution < -0.4 is 10.6 Å². The third-order valence-electron chi connectivity index (χ3n) is 6.29. The molecule has 0 saturated carbocycles. The number of carbonyl (C=O) groups excluding carboxylic acids is 2. The molecule has 0 radical (unpaired) electrons. The number of hydrogen-bond donors (Lipinski definition) is 2. The molecule has 0 saturated heterocycles. The Labute approximate surface area is 255 Å². The largest absolute Gasteiger partial charge is 0.356 e. The van der Waals surface area contributed by atoms with E-state index in [9.17, 15) is 29.8 Å². The molecule has 0 aliphatic rings. The smallest absolute Gasteiger partial charge is 0.288 e. The van der Waals surface area contributed by atoms with Crippen molar-refractivity contribution in [2.75, 3.05) is 10.6 Å². The van der Waals surface area contributed by atoms with Gasteiger partial charge < -0.3 is 15.4 Å². The fraction of sp³-hybridized carbons (Fsp3) is 0.133. The molecule has 2 atom stereocenters. The normalized spacial score (nSPS) is 12.2. The number of nitro groups is 2. The summed E-state index contributed by atoms with van der Waals surface area (Å²) in [6.07, 6.45) is -2.19. The van der Waals surface area contributed by atoms with E-state index in [0.717, 1.165) is 0 Å². The van der Waals surface area contributed by atoms with Gasteiger partial charge in [0.15, 0.2) is 0 Å². The van der Waals surface area contributed by atoms with E-state index in [1.165, 1.54) is 38.1 Å². The highest BCUT2D eigenvalue weighted by atomic mass is 35.5. The first-order valence-electron chi connectivity index (χ1n) is 12.7. The molecule has 220 valence electrons. The predicted molar refractivity (Wildman–Crippen MR) is 162 cm³/mol. The first-order valence-corrected chi connectivity index (χ1v) is 13.5. The number of halogens is 2. The maximum Gasteiger partial charge on any atom is 0.288 e. The third kappa shape index (κ3) is 7.33. The van der Waals surface area contributed by atoms with Gasteiger partial charge in [0.2, 0.25) is 11.8 Å². The van der Waals surface area contributed by atoms with Gasteiger partial charge in [0.25, 0.3) is 11.4 Å². The second-order valence-corrected chi connectivity index (χ2v) is 10.2. The summed E-state index contributed by atoms with van der Waals surface area (Å²) in [4.78, 5) is 46.8. The van der Waals surface area contributed by atoms with Crippen molar-refractivity contribution in [3.05, 3.63) is 137 Å². The van der Waals surface area contributed by atoms with Gasteiger partial charge in [-0.15, -0.1) is 0 Å². The summed E-state index contributed by atoms with van der Waals surface area (Å²) >= 11 is 12.4. The third-order valence-corrected chi connectivity index (χ3v) is 6.90. The Hall–Kier alpha value is -4.84. The lowest BCUT2D eigenvalue weighted by Gasteiger charge is -2.29. The van der Waals surface area contributed by atoms with Crippen LogP contribution in [-0.2, 0) is 14.3 Å². The second kappa shape index (κ2) is 13.4. The Morgan fingerprint density at radius 2 is 1.02 bits per heavy atom. The molecule has 4 aromatic rings. The molecule has 2 amide bonds. The number of carbonyl (C=O) groups is 2. The van der Waals surface area contributed by atoms with Crippen molar-refractivity contribution in [3.63, 3.8) is 0 Å². The zero-order chi connectivity index (χ0) is 31.3. The van der Waals surface area contributed by atoms with Gasteiger partial charge in [-0.2, -0.15) is 0 Å². The molecular weight excluding hydrogens is 599 g/mol. The molecule has 0 aromatic heterocycles. The fourth-order valence-electron chi connectivity index (χ4n) is 4.52. The van der Waals surface area contributed by atoms with E-state index in [1.54, 1.807) is 60.7 Å². The summed E-state index contributed by atoms with van der Waals surface area (Å²) in [6, 6.07) is 22.4. The highest BCUT2D eigenvalue weighted by Gasteiger charge is 2.31. The Morgan fingerprint density at radius 3 is 1.33 bits per heavy atom. The lowest BCUT2D eigenvalue weighted by molar-refractivity contribution is -0.384. The van der Waals surface area contributed by atoms with Gasteiger partial charge in [-0.1, -0.05) is 83.9 Å². The van der Waals surface area contributed by atoms with E-state index >= 15 is 0 Å². The van der Waals surface area contributed by atoms with Crippen LogP contribution in [0.25, 0.3) is 0 Å². The Kier molecular flexibility index (Phi) is 9.71. The lowest BCUT2D eigenvalue weighted by Crippen LogP contribution is -2.18. The van der Waals surface area contributed by atoms with Gasteiger partial charge in [0.1, 0.15) is 22.3 Å². The average Bonchev–Trinajstić information content (AvgIpc) is 2.95. The number of rotatable bonds is 10. The predicted octanol–water partition coefficient (Wildman–Crippen LogP) is 7.62. The van der Waals surface area contributed by atoms with Gasteiger partial charge >= 0.3 is 0 Å². The van der Waals surface area contributed by atoms with Crippen molar-refractivity contribution in [2.45, 2.75) is 26.1 Å². The molecule has 0 spiro atoms. The maximum absolute atomic E-state index is 12.2. The fourth-order valence-corrected chi connectivity index (χ4v) is 4.99. The number of nitrogens with one attached hydrogen (secondary N) is 2. The van der Waals surface area contributed by atoms with Crippen LogP contribution in [0.1, 0.15) is 48.3 Å². The molecule has 4 rings (SSSR count). The van der Waals surface area contributed by atoms with E-state index in [0.29, 0.717) is 11.1 Å². The van der Waals surface area contributed by atoms with Gasteiger partial charge in [-0.05, 0) is 23.3 Å². The summed E-state index contributed by atoms with van der Waals surface area (Å²) in [7, 11) is 0. The van der Waals surface area contributed by atoms with Crippen LogP contribution in [0.2, 0.25) is 10.0 Å². The summed E-state index contributed by atoms with van der Waals surface area (Å²) in [5, 5.41) is 28.7. The topological polar surface area (TPSA) is 154 Å². The summed E-state index contributed by atoms with van der Waals surface area (Å²) in [6.45, 7) is 2.55. The lowest BCUT2D eigenvalue weighted by atomic mass is 9.95. The molecule has 0 fully saturated rings. The van der Waals surface area contributed by atoms with Gasteiger partial charge in [-0.25, -0.2) is 0 Å². The van der Waals surface area contributed by atoms with E-state index < -0.39 is 45.2 Å². The standard InChI is InChI=1S/C30H24Cl2N4O7/c1-17(37)33-25-15-23(31)27(35(39)40)13-21(25)29(19-9-5-3-6-10-19)43-30(20-11-7-4-8-12-20)22-14-28(36(41)42)24(32)16-26(22)34-18(2)38/h3-16,29-30H,1-2H3,(H,33,37)(H,34,38). The van der Waals surface area contributed by atoms with Crippen LogP contribution in [0.3, 0.4) is 0 Å². The Morgan fingerprint density at radius 1 is 0.674 bits per heavy atom. The van der Waals surface area contributed by atoms with Gasteiger partial charge in [0.05, 0.1) is 9.85 Å². The molecule has 43 heavy (non-hydrogen) atoms. The molecule has 4 aromatic carbocycles. The number of benzene rings is 4. The average molecular weight is 623 g/mol. The molecule has 0 bridgehead atoms. The first kappa shape index (κ1) is 31.1.